The summed E-state index contributed by atoms with van der Waals surface area (Å²) in [5, 5.41) is 12.4. The summed E-state index contributed by atoms with van der Waals surface area (Å²) in [6.45, 7) is 2.40. The lowest BCUT2D eigenvalue weighted by atomic mass is 10.0. The maximum atomic E-state index is 12.4. The highest BCUT2D eigenvalue weighted by atomic mass is 16.3. The molecule has 0 saturated carbocycles. The molecule has 0 unspecified atom stereocenters. The number of H-pyrrole nitrogens is 1. The van der Waals surface area contributed by atoms with Crippen molar-refractivity contribution >= 4 is 5.91 Å². The third-order valence-corrected chi connectivity index (χ3v) is 4.90. The Balaban J connectivity index is 1.61. The van der Waals surface area contributed by atoms with Crippen molar-refractivity contribution in [3.63, 3.8) is 0 Å². The van der Waals surface area contributed by atoms with Gasteiger partial charge in [0.25, 0.3) is 11.5 Å². The molecule has 0 spiro atoms. The van der Waals surface area contributed by atoms with E-state index in [1.165, 1.54) is 0 Å². The summed E-state index contributed by atoms with van der Waals surface area (Å²) in [6, 6.07) is 10.8. The Hall–Kier alpha value is -2.44. The Bertz CT molecular complexity index is 803. The number of aliphatic hydroxyl groups is 1. The van der Waals surface area contributed by atoms with Crippen molar-refractivity contribution in [1.29, 1.82) is 0 Å². The van der Waals surface area contributed by atoms with Crippen LogP contribution >= 0.6 is 0 Å². The molecule has 6 heteroatoms. The number of piperidine rings is 1. The van der Waals surface area contributed by atoms with Crippen LogP contribution in [-0.2, 0) is 0 Å². The maximum absolute atomic E-state index is 12.4. The second-order valence-electron chi connectivity index (χ2n) is 6.62. The minimum atomic E-state index is -0.176. The first-order valence-electron chi connectivity index (χ1n) is 9.10. The number of rotatable bonds is 6. The van der Waals surface area contributed by atoms with Crippen LogP contribution in [0.15, 0.2) is 47.4 Å². The highest BCUT2D eigenvalue weighted by Gasteiger charge is 2.21. The Morgan fingerprint density at radius 2 is 2.15 bits per heavy atom. The average molecular weight is 355 g/mol. The van der Waals surface area contributed by atoms with Crippen LogP contribution in [0.5, 0.6) is 0 Å². The Labute approximate surface area is 152 Å². The van der Waals surface area contributed by atoms with Gasteiger partial charge in [0.2, 0.25) is 0 Å². The third kappa shape index (κ3) is 4.39. The molecule has 1 aromatic carbocycles. The fraction of sp³-hybridized carbons (Fsp3) is 0.400. The van der Waals surface area contributed by atoms with Gasteiger partial charge in [0.05, 0.1) is 6.61 Å². The monoisotopic (exact) mass is 355 g/mol. The minimum absolute atomic E-state index is 0.156. The van der Waals surface area contributed by atoms with E-state index in [4.69, 9.17) is 0 Å². The molecule has 26 heavy (non-hydrogen) atoms. The molecule has 0 aliphatic carbocycles. The van der Waals surface area contributed by atoms with E-state index in [-0.39, 0.29) is 24.1 Å². The topological polar surface area (TPSA) is 85.4 Å². The fourth-order valence-electron chi connectivity index (χ4n) is 3.45. The summed E-state index contributed by atoms with van der Waals surface area (Å²) < 4.78 is 0. The van der Waals surface area contributed by atoms with E-state index in [0.717, 1.165) is 37.9 Å². The molecule has 138 valence electrons. The van der Waals surface area contributed by atoms with Gasteiger partial charge in [-0.15, -0.1) is 0 Å². The predicted octanol–water partition coefficient (Wildman–Crippen LogP) is 1.62. The molecule has 1 atom stereocenters. The van der Waals surface area contributed by atoms with Crippen LogP contribution < -0.4 is 10.9 Å². The van der Waals surface area contributed by atoms with Crippen LogP contribution in [-0.4, -0.2) is 53.2 Å². The minimum Gasteiger partial charge on any atom is -0.395 e. The lowest BCUT2D eigenvalue weighted by Gasteiger charge is -2.34. The van der Waals surface area contributed by atoms with Gasteiger partial charge in [0.1, 0.15) is 0 Å². The molecule has 1 amide bonds. The van der Waals surface area contributed by atoms with Gasteiger partial charge in [-0.25, -0.2) is 0 Å². The summed E-state index contributed by atoms with van der Waals surface area (Å²) in [7, 11) is 0. The van der Waals surface area contributed by atoms with Gasteiger partial charge >= 0.3 is 0 Å². The molecule has 6 nitrogen and oxygen atoms in total. The number of pyridine rings is 1. The number of carbonyl (C=O) groups is 1. The van der Waals surface area contributed by atoms with Gasteiger partial charge in [0, 0.05) is 36.5 Å². The number of aromatic amines is 1. The smallest absolute Gasteiger partial charge is 0.255 e. The SMILES string of the molecule is O=C(NCCN1CCCC[C@H]1CO)c1cccc(-c2ccc[nH]c2=O)c1. The van der Waals surface area contributed by atoms with E-state index in [9.17, 15) is 14.7 Å². The highest BCUT2D eigenvalue weighted by molar-refractivity contribution is 5.95. The number of nitrogens with zero attached hydrogens (tertiary/aromatic N) is 1. The molecule has 3 N–H and O–H groups in total. The first-order chi connectivity index (χ1) is 12.7. The van der Waals surface area contributed by atoms with Crippen molar-refractivity contribution in [2.75, 3.05) is 26.2 Å². The summed E-state index contributed by atoms with van der Waals surface area (Å²) >= 11 is 0. The Morgan fingerprint density at radius 1 is 1.27 bits per heavy atom. The van der Waals surface area contributed by atoms with Crippen LogP contribution in [0.25, 0.3) is 11.1 Å². The van der Waals surface area contributed by atoms with Crippen molar-refractivity contribution in [2.45, 2.75) is 25.3 Å². The fourth-order valence-corrected chi connectivity index (χ4v) is 3.45. The van der Waals surface area contributed by atoms with Crippen molar-refractivity contribution in [3.8, 4) is 11.1 Å². The number of hydrogen-bond donors (Lipinski definition) is 3. The Morgan fingerprint density at radius 3 is 2.96 bits per heavy atom. The van der Waals surface area contributed by atoms with E-state index >= 15 is 0 Å². The number of aromatic nitrogens is 1. The number of amides is 1. The molecule has 0 radical (unpaired) electrons. The van der Waals surface area contributed by atoms with Crippen LogP contribution in [0.1, 0.15) is 29.6 Å². The quantitative estimate of drug-likeness (QED) is 0.735. The first kappa shape index (κ1) is 18.4. The van der Waals surface area contributed by atoms with Gasteiger partial charge in [-0.05, 0) is 49.2 Å². The summed E-state index contributed by atoms with van der Waals surface area (Å²) in [4.78, 5) is 29.3. The largest absolute Gasteiger partial charge is 0.395 e. The van der Waals surface area contributed by atoms with Gasteiger partial charge in [-0.1, -0.05) is 18.6 Å². The van der Waals surface area contributed by atoms with Crippen LogP contribution in [0, 0.1) is 0 Å². The van der Waals surface area contributed by atoms with Crippen molar-refractivity contribution < 1.29 is 9.90 Å². The number of hydrogen-bond acceptors (Lipinski definition) is 4. The van der Waals surface area contributed by atoms with Crippen molar-refractivity contribution in [1.82, 2.24) is 15.2 Å². The second kappa shape index (κ2) is 8.78. The van der Waals surface area contributed by atoms with E-state index in [0.29, 0.717) is 17.7 Å². The second-order valence-corrected chi connectivity index (χ2v) is 6.62. The number of nitrogens with one attached hydrogen (secondary N) is 2. The highest BCUT2D eigenvalue weighted by Crippen LogP contribution is 2.17. The first-order valence-corrected chi connectivity index (χ1v) is 9.10. The molecule has 2 heterocycles. The van der Waals surface area contributed by atoms with Gasteiger partial charge in [-0.2, -0.15) is 0 Å². The van der Waals surface area contributed by atoms with Crippen LogP contribution in [0.2, 0.25) is 0 Å². The molecule has 1 aliphatic rings. The van der Waals surface area contributed by atoms with Gasteiger partial charge in [-0.3, -0.25) is 14.5 Å². The summed E-state index contributed by atoms with van der Waals surface area (Å²) in [6.07, 6.45) is 4.89. The van der Waals surface area contributed by atoms with Crippen molar-refractivity contribution in [3.05, 3.63) is 58.5 Å². The number of benzene rings is 1. The molecule has 1 saturated heterocycles. The normalized spacial score (nSPS) is 17.8. The molecular weight excluding hydrogens is 330 g/mol. The van der Waals surface area contributed by atoms with Crippen molar-refractivity contribution in [2.24, 2.45) is 0 Å². The van der Waals surface area contributed by atoms with Gasteiger partial charge in [0.15, 0.2) is 0 Å². The molecule has 1 aromatic heterocycles. The summed E-state index contributed by atoms with van der Waals surface area (Å²) in [5.41, 5.74) is 1.62. The van der Waals surface area contributed by atoms with Gasteiger partial charge < -0.3 is 15.4 Å². The molecule has 0 bridgehead atoms. The maximum Gasteiger partial charge on any atom is 0.255 e. The molecule has 2 aromatic rings. The number of carbonyl (C=O) groups excluding carboxylic acids is 1. The predicted molar refractivity (Wildman–Crippen MR) is 101 cm³/mol. The zero-order chi connectivity index (χ0) is 18.4. The standard InChI is InChI=1S/C20H25N3O3/c24-14-17-7-1-2-11-23(17)12-10-22-19(25)16-6-3-5-15(13-16)18-8-4-9-21-20(18)26/h3-6,8-9,13,17,24H,1-2,7,10-12,14H2,(H,21,26)(H,22,25)/t17-/m0/s1. The van der Waals surface area contributed by atoms with E-state index in [1.54, 1.807) is 36.5 Å². The van der Waals surface area contributed by atoms with E-state index in [2.05, 4.69) is 15.2 Å². The average Bonchev–Trinajstić information content (AvgIpc) is 2.68. The molecule has 1 fully saturated rings. The lowest BCUT2D eigenvalue weighted by molar-refractivity contribution is 0.0849. The molecule has 1 aliphatic heterocycles. The van der Waals surface area contributed by atoms with Crippen LogP contribution in [0.3, 0.4) is 0 Å². The Kier molecular flexibility index (Phi) is 6.20. The zero-order valence-electron chi connectivity index (χ0n) is 14.8. The lowest BCUT2D eigenvalue weighted by Crippen LogP contribution is -2.45. The van der Waals surface area contributed by atoms with E-state index in [1.807, 2.05) is 6.07 Å². The van der Waals surface area contributed by atoms with E-state index < -0.39 is 0 Å². The third-order valence-electron chi connectivity index (χ3n) is 4.90. The molecular formula is C20H25N3O3. The zero-order valence-corrected chi connectivity index (χ0v) is 14.8. The van der Waals surface area contributed by atoms with Crippen LogP contribution in [0.4, 0.5) is 0 Å². The number of aliphatic hydroxyl groups excluding tert-OH is 1. The summed E-state index contributed by atoms with van der Waals surface area (Å²) in [5.74, 6) is -0.156. The number of likely N-dealkylation sites (tertiary alicyclic amines) is 1. The molecule has 3 rings (SSSR count).